The summed E-state index contributed by atoms with van der Waals surface area (Å²) in [7, 11) is 1.31. The second-order valence-corrected chi connectivity index (χ2v) is 6.69. The Kier molecular flexibility index (Phi) is 9.72. The van der Waals surface area contributed by atoms with Crippen LogP contribution in [0.15, 0.2) is 49.0 Å². The Labute approximate surface area is 168 Å². The van der Waals surface area contributed by atoms with Gasteiger partial charge in [-0.05, 0) is 49.2 Å². The van der Waals surface area contributed by atoms with Crippen molar-refractivity contribution in [2.75, 3.05) is 12.4 Å². The number of carbonyl (C=O) groups is 2. The van der Waals surface area contributed by atoms with Crippen LogP contribution in [0, 0.1) is 6.92 Å². The number of rotatable bonds is 6. The van der Waals surface area contributed by atoms with Gasteiger partial charge in [0.2, 0.25) is 0 Å². The van der Waals surface area contributed by atoms with E-state index in [4.69, 9.17) is 0 Å². The molecule has 0 radical (unpaired) electrons. The van der Waals surface area contributed by atoms with E-state index in [-0.39, 0.29) is 5.91 Å². The van der Waals surface area contributed by atoms with E-state index in [0.29, 0.717) is 11.1 Å². The Morgan fingerprint density at radius 3 is 2.18 bits per heavy atom. The van der Waals surface area contributed by atoms with Gasteiger partial charge in [0.05, 0.1) is 12.7 Å². The molecular weight excluding hydrogens is 350 g/mol. The maximum absolute atomic E-state index is 12.4. The highest BCUT2D eigenvalue weighted by atomic mass is 16.5. The largest absolute Gasteiger partial charge is 0.465 e. The van der Waals surface area contributed by atoms with Crippen LogP contribution in [-0.4, -0.2) is 19.0 Å². The van der Waals surface area contributed by atoms with Crippen molar-refractivity contribution >= 4 is 23.1 Å². The minimum absolute atomic E-state index is 0.280. The van der Waals surface area contributed by atoms with Gasteiger partial charge in [-0.15, -0.1) is 0 Å². The first-order valence-electron chi connectivity index (χ1n) is 9.60. The van der Waals surface area contributed by atoms with Crippen LogP contribution in [0.4, 0.5) is 5.69 Å². The predicted molar refractivity (Wildman–Crippen MR) is 117 cm³/mol. The number of amides is 1. The molecule has 0 aromatic heterocycles. The Morgan fingerprint density at radius 1 is 1.00 bits per heavy atom. The van der Waals surface area contributed by atoms with Gasteiger partial charge in [0.1, 0.15) is 0 Å². The first-order chi connectivity index (χ1) is 13.3. The highest BCUT2D eigenvalue weighted by Crippen LogP contribution is 2.22. The summed E-state index contributed by atoms with van der Waals surface area (Å²) in [6.45, 7) is 12.2. The lowest BCUT2D eigenvalue weighted by Gasteiger charge is -2.11. The predicted octanol–water partition coefficient (Wildman–Crippen LogP) is 6.26. The van der Waals surface area contributed by atoms with Crippen molar-refractivity contribution < 1.29 is 14.3 Å². The molecule has 4 heteroatoms. The van der Waals surface area contributed by atoms with Crippen molar-refractivity contribution in [1.82, 2.24) is 0 Å². The maximum Gasteiger partial charge on any atom is 0.337 e. The van der Waals surface area contributed by atoms with Gasteiger partial charge in [0.25, 0.3) is 5.91 Å². The number of ether oxygens (including phenoxy) is 1. The van der Waals surface area contributed by atoms with Gasteiger partial charge < -0.3 is 10.1 Å². The summed E-state index contributed by atoms with van der Waals surface area (Å²) in [6.07, 6.45) is 4.08. The monoisotopic (exact) mass is 381 g/mol. The molecule has 2 rings (SSSR count). The van der Waals surface area contributed by atoms with Crippen LogP contribution in [-0.2, 0) is 4.74 Å². The van der Waals surface area contributed by atoms with Crippen molar-refractivity contribution in [3.05, 3.63) is 71.3 Å². The summed E-state index contributed by atoms with van der Waals surface area (Å²) in [5.41, 5.74) is 4.30. The molecule has 0 heterocycles. The molecule has 0 atom stereocenters. The second-order valence-electron chi connectivity index (χ2n) is 6.69. The molecule has 150 valence electrons. The van der Waals surface area contributed by atoms with Gasteiger partial charge in [-0.25, -0.2) is 4.79 Å². The van der Waals surface area contributed by atoms with Gasteiger partial charge in [0, 0.05) is 11.3 Å². The molecule has 0 spiro atoms. The number of unbranched alkanes of at least 4 members (excludes halogenated alkanes) is 2. The van der Waals surface area contributed by atoms with E-state index in [1.165, 1.54) is 32.4 Å². The Balaban J connectivity index is 0.000000696. The van der Waals surface area contributed by atoms with Gasteiger partial charge in [0.15, 0.2) is 0 Å². The number of hydrogen-bond acceptors (Lipinski definition) is 3. The second kappa shape index (κ2) is 11.8. The molecule has 0 saturated carbocycles. The van der Waals surface area contributed by atoms with Crippen LogP contribution in [0.1, 0.15) is 71.9 Å². The van der Waals surface area contributed by atoms with Gasteiger partial charge in [-0.2, -0.15) is 0 Å². The Morgan fingerprint density at radius 2 is 1.64 bits per heavy atom. The van der Waals surface area contributed by atoms with E-state index >= 15 is 0 Å². The van der Waals surface area contributed by atoms with Crippen LogP contribution >= 0.6 is 0 Å². The first-order valence-corrected chi connectivity index (χ1v) is 9.60. The number of carbonyl (C=O) groups excluding carboxylic acids is 2. The molecule has 1 amide bonds. The van der Waals surface area contributed by atoms with Crippen molar-refractivity contribution in [2.24, 2.45) is 0 Å². The minimum atomic E-state index is -0.472. The average molecular weight is 382 g/mol. The fraction of sp³-hybridized carbons (Fsp3) is 0.333. The lowest BCUT2D eigenvalue weighted by molar-refractivity contribution is 0.0600. The number of esters is 1. The lowest BCUT2D eigenvalue weighted by atomic mass is 10.0. The number of allylic oxidation sites excluding steroid dienone is 1. The number of benzene rings is 2. The third-order valence-corrected chi connectivity index (χ3v) is 4.23. The SMILES string of the molecule is C=C(C)c1ccc(C)c(NC(=O)c2cccc(C(=O)OC)c2)c1.CCCCC. The Hall–Kier alpha value is -2.88. The van der Waals surface area contributed by atoms with Crippen LogP contribution < -0.4 is 5.32 Å². The zero-order valence-corrected chi connectivity index (χ0v) is 17.6. The molecule has 0 bridgehead atoms. The number of anilines is 1. The molecule has 0 fully saturated rings. The topological polar surface area (TPSA) is 55.4 Å². The number of hydrogen-bond donors (Lipinski definition) is 1. The van der Waals surface area contributed by atoms with Crippen molar-refractivity contribution in [2.45, 2.75) is 47.0 Å². The normalized spacial score (nSPS) is 9.75. The van der Waals surface area contributed by atoms with Gasteiger partial charge in [-0.3, -0.25) is 4.79 Å². The molecule has 4 nitrogen and oxygen atoms in total. The van der Waals surface area contributed by atoms with Crippen molar-refractivity contribution in [3.8, 4) is 0 Å². The molecule has 1 N–H and O–H groups in total. The maximum atomic E-state index is 12.4. The summed E-state index contributed by atoms with van der Waals surface area (Å²) in [5.74, 6) is -0.752. The number of methoxy groups -OCH3 is 1. The highest BCUT2D eigenvalue weighted by molar-refractivity contribution is 6.06. The molecule has 2 aromatic rings. The molecule has 0 aliphatic rings. The Bertz CT molecular complexity index is 822. The molecule has 28 heavy (non-hydrogen) atoms. The van der Waals surface area contributed by atoms with E-state index in [1.54, 1.807) is 18.2 Å². The zero-order valence-electron chi connectivity index (χ0n) is 17.6. The van der Waals surface area contributed by atoms with E-state index < -0.39 is 5.97 Å². The van der Waals surface area contributed by atoms with Gasteiger partial charge in [-0.1, -0.05) is 63.5 Å². The molecule has 0 aliphatic heterocycles. The third-order valence-electron chi connectivity index (χ3n) is 4.23. The fourth-order valence-corrected chi connectivity index (χ4v) is 2.48. The van der Waals surface area contributed by atoms with Crippen LogP contribution in [0.2, 0.25) is 0 Å². The van der Waals surface area contributed by atoms with Crippen LogP contribution in [0.5, 0.6) is 0 Å². The smallest absolute Gasteiger partial charge is 0.337 e. The molecule has 2 aromatic carbocycles. The number of aryl methyl sites for hydroxylation is 1. The standard InChI is InChI=1S/C19H19NO3.C5H12/c1-12(2)14-9-8-13(3)17(11-14)20-18(21)15-6-5-7-16(10-15)19(22)23-4;1-3-5-4-2/h5-11H,1H2,2-4H3,(H,20,21);3-5H2,1-2H3. The third kappa shape index (κ3) is 7.03. The quantitative estimate of drug-likeness (QED) is 0.601. The van der Waals surface area contributed by atoms with Gasteiger partial charge >= 0.3 is 5.97 Å². The minimum Gasteiger partial charge on any atom is -0.465 e. The molecule has 0 aliphatic carbocycles. The average Bonchev–Trinajstić information content (AvgIpc) is 2.70. The molecule has 0 unspecified atom stereocenters. The number of nitrogens with one attached hydrogen (secondary N) is 1. The van der Waals surface area contributed by atoms with E-state index in [9.17, 15) is 9.59 Å². The van der Waals surface area contributed by atoms with E-state index in [2.05, 4.69) is 30.5 Å². The molecular formula is C24H31NO3. The van der Waals surface area contributed by atoms with Crippen LogP contribution in [0.25, 0.3) is 5.57 Å². The van der Waals surface area contributed by atoms with Crippen molar-refractivity contribution in [1.29, 1.82) is 0 Å². The molecule has 0 saturated heterocycles. The lowest BCUT2D eigenvalue weighted by Crippen LogP contribution is -2.14. The van der Waals surface area contributed by atoms with E-state index in [0.717, 1.165) is 22.4 Å². The summed E-state index contributed by atoms with van der Waals surface area (Å²) in [5, 5.41) is 2.87. The summed E-state index contributed by atoms with van der Waals surface area (Å²) in [4.78, 5) is 24.0. The highest BCUT2D eigenvalue weighted by Gasteiger charge is 2.12. The van der Waals surface area contributed by atoms with Crippen molar-refractivity contribution in [3.63, 3.8) is 0 Å². The zero-order chi connectivity index (χ0) is 21.1. The van der Waals surface area contributed by atoms with E-state index in [1.807, 2.05) is 32.0 Å². The fourth-order valence-electron chi connectivity index (χ4n) is 2.48. The van der Waals surface area contributed by atoms with Crippen LogP contribution in [0.3, 0.4) is 0 Å². The first kappa shape index (κ1) is 23.2. The summed E-state index contributed by atoms with van der Waals surface area (Å²) in [6, 6.07) is 12.2. The summed E-state index contributed by atoms with van der Waals surface area (Å²) < 4.78 is 4.67. The summed E-state index contributed by atoms with van der Waals surface area (Å²) >= 11 is 0.